The maximum atomic E-state index is 12.9. The second-order valence-electron chi connectivity index (χ2n) is 8.02. The minimum Gasteiger partial charge on any atom is -0.366 e. The molecule has 1 amide bonds. The topological polar surface area (TPSA) is 78.7 Å². The molecule has 0 radical (unpaired) electrons. The third kappa shape index (κ3) is 3.16. The second kappa shape index (κ2) is 6.87. The standard InChI is InChI=1S/C19H26N4O3/c1-13-4-6-21(7-5-13)17-3-2-14(8-18(17)23(25)26)19(24)22-11-15-9-20-10-16(15)12-22/h2-3,8,13,15-16,20H,4-7,9-12H2,1H3/t15-,16+. The van der Waals surface area contributed by atoms with Crippen LogP contribution in [0.4, 0.5) is 11.4 Å². The highest BCUT2D eigenvalue weighted by Gasteiger charge is 2.38. The molecule has 0 unspecified atom stereocenters. The molecule has 1 aromatic rings. The van der Waals surface area contributed by atoms with Crippen molar-refractivity contribution in [1.82, 2.24) is 10.2 Å². The molecule has 0 aromatic heterocycles. The zero-order valence-electron chi connectivity index (χ0n) is 15.2. The van der Waals surface area contributed by atoms with E-state index in [2.05, 4.69) is 17.1 Å². The Morgan fingerprint density at radius 2 is 1.85 bits per heavy atom. The summed E-state index contributed by atoms with van der Waals surface area (Å²) in [6, 6.07) is 5.00. The number of likely N-dealkylation sites (tertiary alicyclic amines) is 1. The van der Waals surface area contributed by atoms with Gasteiger partial charge in [-0.15, -0.1) is 0 Å². The molecular weight excluding hydrogens is 332 g/mol. The molecule has 3 aliphatic rings. The van der Waals surface area contributed by atoms with Crippen LogP contribution in [0.15, 0.2) is 18.2 Å². The van der Waals surface area contributed by atoms with Gasteiger partial charge in [-0.3, -0.25) is 14.9 Å². The number of rotatable bonds is 3. The van der Waals surface area contributed by atoms with E-state index in [0.29, 0.717) is 29.0 Å². The summed E-state index contributed by atoms with van der Waals surface area (Å²) in [5, 5.41) is 15.0. The number of piperidine rings is 1. The number of nitrogens with one attached hydrogen (secondary N) is 1. The zero-order chi connectivity index (χ0) is 18.3. The number of benzene rings is 1. The molecule has 0 spiro atoms. The molecule has 0 saturated carbocycles. The molecule has 0 bridgehead atoms. The molecule has 26 heavy (non-hydrogen) atoms. The third-order valence-corrected chi connectivity index (χ3v) is 6.22. The SMILES string of the molecule is CC1CCN(c2ccc(C(=O)N3C[C@H]4CNC[C@H]4C3)cc2[N+](=O)[O-])CC1. The molecule has 7 nitrogen and oxygen atoms in total. The maximum Gasteiger partial charge on any atom is 0.293 e. The molecule has 2 atom stereocenters. The van der Waals surface area contributed by atoms with Crippen LogP contribution in [0.25, 0.3) is 0 Å². The van der Waals surface area contributed by atoms with E-state index < -0.39 is 0 Å². The Labute approximate surface area is 153 Å². The normalized spacial score (nSPS) is 26.2. The number of fused-ring (bicyclic) bond motifs is 1. The fraction of sp³-hybridized carbons (Fsp3) is 0.632. The van der Waals surface area contributed by atoms with Gasteiger partial charge in [0.1, 0.15) is 5.69 Å². The molecule has 1 aromatic carbocycles. The first-order chi connectivity index (χ1) is 12.5. The van der Waals surface area contributed by atoms with Gasteiger partial charge in [-0.25, -0.2) is 0 Å². The van der Waals surface area contributed by atoms with Gasteiger partial charge in [-0.05, 0) is 42.7 Å². The van der Waals surface area contributed by atoms with E-state index in [1.54, 1.807) is 12.1 Å². The van der Waals surface area contributed by atoms with E-state index in [1.165, 1.54) is 6.07 Å². The largest absolute Gasteiger partial charge is 0.366 e. The van der Waals surface area contributed by atoms with Crippen molar-refractivity contribution in [2.24, 2.45) is 17.8 Å². The second-order valence-corrected chi connectivity index (χ2v) is 8.02. The summed E-state index contributed by atoms with van der Waals surface area (Å²) < 4.78 is 0. The summed E-state index contributed by atoms with van der Waals surface area (Å²) in [7, 11) is 0. The molecule has 0 aliphatic carbocycles. The van der Waals surface area contributed by atoms with Crippen LogP contribution in [0.2, 0.25) is 0 Å². The quantitative estimate of drug-likeness (QED) is 0.661. The van der Waals surface area contributed by atoms with Gasteiger partial charge in [0.25, 0.3) is 11.6 Å². The zero-order valence-corrected chi connectivity index (χ0v) is 15.2. The van der Waals surface area contributed by atoms with Gasteiger partial charge in [0.15, 0.2) is 0 Å². The Hall–Kier alpha value is -2.15. The monoisotopic (exact) mass is 358 g/mol. The van der Waals surface area contributed by atoms with Crippen LogP contribution >= 0.6 is 0 Å². The van der Waals surface area contributed by atoms with Crippen LogP contribution in [0.5, 0.6) is 0 Å². The molecule has 1 N–H and O–H groups in total. The predicted octanol–water partition coefficient (Wildman–Crippen LogP) is 2.12. The lowest BCUT2D eigenvalue weighted by molar-refractivity contribution is -0.384. The number of nitrogens with zero attached hydrogens (tertiary/aromatic N) is 3. The predicted molar refractivity (Wildman–Crippen MR) is 99.5 cm³/mol. The van der Waals surface area contributed by atoms with Crippen LogP contribution in [-0.2, 0) is 0 Å². The van der Waals surface area contributed by atoms with E-state index >= 15 is 0 Å². The fourth-order valence-corrected chi connectivity index (χ4v) is 4.52. The molecule has 140 valence electrons. The summed E-state index contributed by atoms with van der Waals surface area (Å²) in [6.45, 7) is 7.29. The number of anilines is 1. The first-order valence-corrected chi connectivity index (χ1v) is 9.56. The van der Waals surface area contributed by atoms with E-state index in [4.69, 9.17) is 0 Å². The van der Waals surface area contributed by atoms with Crippen LogP contribution in [0.3, 0.4) is 0 Å². The van der Waals surface area contributed by atoms with Crippen molar-refractivity contribution < 1.29 is 9.72 Å². The highest BCUT2D eigenvalue weighted by atomic mass is 16.6. The van der Waals surface area contributed by atoms with Gasteiger partial charge in [0.2, 0.25) is 0 Å². The summed E-state index contributed by atoms with van der Waals surface area (Å²) in [5.74, 6) is 1.61. The van der Waals surface area contributed by atoms with Crippen molar-refractivity contribution in [3.8, 4) is 0 Å². The van der Waals surface area contributed by atoms with Crippen molar-refractivity contribution in [3.63, 3.8) is 0 Å². The Kier molecular flexibility index (Phi) is 4.56. The molecule has 7 heteroatoms. The Balaban J connectivity index is 1.55. The van der Waals surface area contributed by atoms with Gasteiger partial charge in [-0.1, -0.05) is 6.92 Å². The minimum absolute atomic E-state index is 0.0476. The third-order valence-electron chi connectivity index (χ3n) is 6.22. The summed E-state index contributed by atoms with van der Waals surface area (Å²) in [5.41, 5.74) is 1.12. The average Bonchev–Trinajstić information content (AvgIpc) is 3.23. The summed E-state index contributed by atoms with van der Waals surface area (Å²) in [4.78, 5) is 28.1. The molecule has 4 rings (SSSR count). The Morgan fingerprint density at radius 1 is 1.19 bits per heavy atom. The van der Waals surface area contributed by atoms with E-state index in [1.807, 2.05) is 4.90 Å². The van der Waals surface area contributed by atoms with Crippen molar-refractivity contribution in [1.29, 1.82) is 0 Å². The van der Waals surface area contributed by atoms with E-state index in [-0.39, 0.29) is 16.5 Å². The molecule has 3 fully saturated rings. The molecule has 3 aliphatic heterocycles. The van der Waals surface area contributed by atoms with Gasteiger partial charge < -0.3 is 15.1 Å². The van der Waals surface area contributed by atoms with Gasteiger partial charge >= 0.3 is 0 Å². The highest BCUT2D eigenvalue weighted by Crippen LogP contribution is 2.34. The maximum absolute atomic E-state index is 12.9. The number of carbonyl (C=O) groups is 1. The lowest BCUT2D eigenvalue weighted by atomic mass is 9.98. The molecule has 3 saturated heterocycles. The lowest BCUT2D eigenvalue weighted by Crippen LogP contribution is -2.34. The van der Waals surface area contributed by atoms with Gasteiger partial charge in [-0.2, -0.15) is 0 Å². The van der Waals surface area contributed by atoms with Crippen molar-refractivity contribution in [2.45, 2.75) is 19.8 Å². The molecular formula is C19H26N4O3. The minimum atomic E-state index is -0.354. The van der Waals surface area contributed by atoms with Crippen LogP contribution in [-0.4, -0.2) is 55.0 Å². The van der Waals surface area contributed by atoms with Crippen LogP contribution in [0, 0.1) is 27.9 Å². The highest BCUT2D eigenvalue weighted by molar-refractivity contribution is 5.96. The number of hydrogen-bond donors (Lipinski definition) is 1. The lowest BCUT2D eigenvalue weighted by Gasteiger charge is -2.31. The van der Waals surface area contributed by atoms with Crippen molar-refractivity contribution >= 4 is 17.3 Å². The first kappa shape index (κ1) is 17.3. The van der Waals surface area contributed by atoms with E-state index in [0.717, 1.165) is 52.1 Å². The van der Waals surface area contributed by atoms with E-state index in [9.17, 15) is 14.9 Å². The smallest absolute Gasteiger partial charge is 0.293 e. The fourth-order valence-electron chi connectivity index (χ4n) is 4.52. The first-order valence-electron chi connectivity index (χ1n) is 9.56. The number of carbonyl (C=O) groups excluding carboxylic acids is 1. The van der Waals surface area contributed by atoms with Crippen LogP contribution < -0.4 is 10.2 Å². The van der Waals surface area contributed by atoms with Crippen molar-refractivity contribution in [3.05, 3.63) is 33.9 Å². The van der Waals surface area contributed by atoms with Crippen molar-refractivity contribution in [2.75, 3.05) is 44.2 Å². The molecule has 3 heterocycles. The number of nitro groups is 1. The number of hydrogen-bond acceptors (Lipinski definition) is 5. The van der Waals surface area contributed by atoms with Gasteiger partial charge in [0, 0.05) is 50.9 Å². The number of amides is 1. The summed E-state index contributed by atoms with van der Waals surface area (Å²) in [6.07, 6.45) is 2.09. The summed E-state index contributed by atoms with van der Waals surface area (Å²) >= 11 is 0. The Bertz CT molecular complexity index is 703. The number of nitro benzene ring substituents is 1. The van der Waals surface area contributed by atoms with Crippen LogP contribution in [0.1, 0.15) is 30.1 Å². The van der Waals surface area contributed by atoms with Gasteiger partial charge in [0.05, 0.1) is 4.92 Å². The average molecular weight is 358 g/mol. The Morgan fingerprint density at radius 3 is 2.46 bits per heavy atom.